The van der Waals surface area contributed by atoms with E-state index in [1.54, 1.807) is 6.07 Å². The summed E-state index contributed by atoms with van der Waals surface area (Å²) in [5.74, 6) is -0.551. The molecule has 1 aliphatic heterocycles. The summed E-state index contributed by atoms with van der Waals surface area (Å²) in [4.78, 5) is 0. The van der Waals surface area contributed by atoms with Gasteiger partial charge in [0, 0.05) is 19.3 Å². The van der Waals surface area contributed by atoms with Crippen LogP contribution in [0.25, 0.3) is 0 Å². The summed E-state index contributed by atoms with van der Waals surface area (Å²) >= 11 is 0. The van der Waals surface area contributed by atoms with E-state index in [1.165, 1.54) is 22.7 Å². The first-order chi connectivity index (χ1) is 12.7. The molecule has 1 saturated heterocycles. The van der Waals surface area contributed by atoms with Crippen LogP contribution < -0.4 is 5.32 Å². The van der Waals surface area contributed by atoms with Gasteiger partial charge in [0.2, 0.25) is 5.82 Å². The number of fused-ring (bicyclic) bond motifs is 1. The molecule has 2 aliphatic rings. The Bertz CT molecular complexity index is 1000. The Morgan fingerprint density at radius 2 is 2.22 bits per heavy atom. The molecule has 10 nitrogen and oxygen atoms in total. The molecule has 144 valence electrons. The van der Waals surface area contributed by atoms with Gasteiger partial charge in [-0.05, 0) is 40.0 Å². The van der Waals surface area contributed by atoms with Crippen molar-refractivity contribution in [3.63, 3.8) is 0 Å². The number of rotatable bonds is 5. The van der Waals surface area contributed by atoms with Crippen LogP contribution in [0.5, 0.6) is 0 Å². The van der Waals surface area contributed by atoms with Crippen molar-refractivity contribution in [2.75, 3.05) is 24.7 Å². The first kappa shape index (κ1) is 17.8. The third-order valence-electron chi connectivity index (χ3n) is 4.80. The summed E-state index contributed by atoms with van der Waals surface area (Å²) in [6.07, 6.45) is 1.83. The predicted octanol–water partition coefficient (Wildman–Crippen LogP) is 1.21. The molecule has 12 heteroatoms. The Labute approximate surface area is 154 Å². The van der Waals surface area contributed by atoms with E-state index in [2.05, 4.69) is 15.6 Å². The second-order valence-corrected chi connectivity index (χ2v) is 8.83. The van der Waals surface area contributed by atoms with E-state index >= 15 is 0 Å². The zero-order valence-corrected chi connectivity index (χ0v) is 15.2. The molecule has 2 unspecified atom stereocenters. The van der Waals surface area contributed by atoms with E-state index in [1.807, 2.05) is 0 Å². The van der Waals surface area contributed by atoms with Crippen LogP contribution in [-0.4, -0.2) is 60.3 Å². The second kappa shape index (κ2) is 6.25. The molecule has 4 rings (SSSR count). The van der Waals surface area contributed by atoms with Crippen molar-refractivity contribution in [3.8, 4) is 0 Å². The second-order valence-electron chi connectivity index (χ2n) is 6.71. The fraction of sp³-hybridized carbons (Fsp3) is 0.400. The predicted molar refractivity (Wildman–Crippen MR) is 93.4 cm³/mol. The highest BCUT2D eigenvalue weighted by atomic mass is 32.2. The number of aromatic nitrogens is 2. The van der Waals surface area contributed by atoms with Gasteiger partial charge in [0.05, 0.1) is 12.1 Å². The van der Waals surface area contributed by atoms with Gasteiger partial charge in [-0.2, -0.15) is 0 Å². The minimum atomic E-state index is -2.74. The first-order valence-electron chi connectivity index (χ1n) is 8.17. The number of hydrogen-bond acceptors (Lipinski definition) is 8. The maximum atomic E-state index is 13.4. The van der Waals surface area contributed by atoms with Gasteiger partial charge in [0.25, 0.3) is 0 Å². The van der Waals surface area contributed by atoms with Crippen molar-refractivity contribution >= 4 is 21.6 Å². The molecule has 2 atom stereocenters. The largest absolute Gasteiger partial charge is 0.360 e. The lowest BCUT2D eigenvalue weighted by molar-refractivity contribution is -0.0632. The standard InChI is InChI=1S/C15H18FN7O3S/c1-27(18,25)22-6-10(7-22)19-15-13(20-26-21-15)14(17)23(24)12-4-8-2-3-9(16)5-11(8)12/h2-3,5,10,12,17-18,24H,4,6-7H2,1H3,(H,19,21). The molecule has 0 spiro atoms. The molecule has 27 heavy (non-hydrogen) atoms. The van der Waals surface area contributed by atoms with Crippen molar-refractivity contribution in [2.24, 2.45) is 0 Å². The summed E-state index contributed by atoms with van der Waals surface area (Å²) in [6, 6.07) is 3.69. The third kappa shape index (κ3) is 3.15. The van der Waals surface area contributed by atoms with Gasteiger partial charge in [-0.25, -0.2) is 27.4 Å². The topological polar surface area (TPSA) is 142 Å². The highest BCUT2D eigenvalue weighted by Crippen LogP contribution is 2.38. The van der Waals surface area contributed by atoms with E-state index in [4.69, 9.17) is 14.8 Å². The lowest BCUT2D eigenvalue weighted by Crippen LogP contribution is -2.56. The fourth-order valence-corrected chi connectivity index (χ4v) is 4.11. The van der Waals surface area contributed by atoms with Gasteiger partial charge in [-0.1, -0.05) is 6.07 Å². The zero-order chi connectivity index (χ0) is 19.3. The van der Waals surface area contributed by atoms with Crippen LogP contribution in [0.1, 0.15) is 22.9 Å². The van der Waals surface area contributed by atoms with Crippen LogP contribution in [0.4, 0.5) is 10.2 Å². The van der Waals surface area contributed by atoms with E-state index in [0.717, 1.165) is 10.6 Å². The maximum absolute atomic E-state index is 13.4. The summed E-state index contributed by atoms with van der Waals surface area (Å²) in [7, 11) is -2.74. The Morgan fingerprint density at radius 3 is 2.93 bits per heavy atom. The van der Waals surface area contributed by atoms with Crippen LogP contribution in [0.2, 0.25) is 0 Å². The highest BCUT2D eigenvalue weighted by Gasteiger charge is 2.36. The summed E-state index contributed by atoms with van der Waals surface area (Å²) in [6.45, 7) is 0.771. The molecule has 1 fully saturated rings. The molecular weight excluding hydrogens is 377 g/mol. The van der Waals surface area contributed by atoms with Crippen molar-refractivity contribution < 1.29 is 18.4 Å². The van der Waals surface area contributed by atoms with Crippen molar-refractivity contribution in [1.82, 2.24) is 19.7 Å². The van der Waals surface area contributed by atoms with Crippen molar-refractivity contribution in [2.45, 2.75) is 18.5 Å². The average Bonchev–Trinajstić information content (AvgIpc) is 2.99. The van der Waals surface area contributed by atoms with Crippen molar-refractivity contribution in [3.05, 3.63) is 40.8 Å². The van der Waals surface area contributed by atoms with Gasteiger partial charge < -0.3 is 5.32 Å². The molecule has 0 bridgehead atoms. The number of hydrogen-bond donors (Lipinski definition) is 4. The van der Waals surface area contributed by atoms with Gasteiger partial charge in [0.1, 0.15) is 15.7 Å². The van der Waals surface area contributed by atoms with Crippen LogP contribution in [0.3, 0.4) is 0 Å². The molecular formula is C15H18FN7O3S. The molecule has 4 N–H and O–H groups in total. The van der Waals surface area contributed by atoms with Crippen LogP contribution in [0, 0.1) is 16.0 Å². The minimum Gasteiger partial charge on any atom is -0.360 e. The SMILES string of the molecule is CS(=N)(=O)N1CC(Nc2nonc2C(=N)N(O)C2Cc3ccc(F)cc32)C1. The van der Waals surface area contributed by atoms with Crippen LogP contribution >= 0.6 is 0 Å². The number of halogens is 1. The number of amidine groups is 1. The van der Waals surface area contributed by atoms with Gasteiger partial charge in [-0.15, -0.1) is 0 Å². The number of benzene rings is 1. The number of anilines is 1. The monoisotopic (exact) mass is 395 g/mol. The first-order valence-corrected chi connectivity index (χ1v) is 10.1. The van der Waals surface area contributed by atoms with E-state index in [9.17, 15) is 13.8 Å². The van der Waals surface area contributed by atoms with Crippen LogP contribution in [0.15, 0.2) is 22.8 Å². The quantitative estimate of drug-likeness (QED) is 0.338. The van der Waals surface area contributed by atoms with E-state index in [0.29, 0.717) is 25.1 Å². The third-order valence-corrected chi connectivity index (χ3v) is 6.08. The van der Waals surface area contributed by atoms with E-state index in [-0.39, 0.29) is 23.4 Å². The Hall–Kier alpha value is -2.57. The minimum absolute atomic E-state index is 0.0175. The van der Waals surface area contributed by atoms with Gasteiger partial charge >= 0.3 is 0 Å². The molecule has 0 amide bonds. The zero-order valence-electron chi connectivity index (χ0n) is 14.3. The molecule has 1 aliphatic carbocycles. The molecule has 1 aromatic heterocycles. The molecule has 0 saturated carbocycles. The molecule has 1 aromatic carbocycles. The Morgan fingerprint density at radius 1 is 1.48 bits per heavy atom. The average molecular weight is 395 g/mol. The molecule has 2 heterocycles. The normalized spacial score (nSPS) is 21.5. The van der Waals surface area contributed by atoms with Gasteiger partial charge in [-0.3, -0.25) is 10.6 Å². The Kier molecular flexibility index (Phi) is 4.13. The molecule has 0 radical (unpaired) electrons. The molecule has 2 aromatic rings. The lowest BCUT2D eigenvalue weighted by atomic mass is 9.83. The summed E-state index contributed by atoms with van der Waals surface area (Å²) < 4.78 is 38.8. The number of nitrogens with zero attached hydrogens (tertiary/aromatic N) is 4. The summed E-state index contributed by atoms with van der Waals surface area (Å²) in [5, 5.41) is 29.7. The smallest absolute Gasteiger partial charge is 0.202 e. The lowest BCUT2D eigenvalue weighted by Gasteiger charge is -2.39. The van der Waals surface area contributed by atoms with Crippen molar-refractivity contribution in [1.29, 1.82) is 10.2 Å². The summed E-state index contributed by atoms with van der Waals surface area (Å²) in [5.41, 5.74) is 1.55. The Balaban J connectivity index is 1.44. The van der Waals surface area contributed by atoms with Gasteiger partial charge in [0.15, 0.2) is 11.5 Å². The van der Waals surface area contributed by atoms with Crippen LogP contribution in [-0.2, 0) is 16.3 Å². The number of hydroxylamine groups is 2. The van der Waals surface area contributed by atoms with E-state index < -0.39 is 21.8 Å². The number of nitrogens with one attached hydrogen (secondary N) is 3. The maximum Gasteiger partial charge on any atom is 0.202 e. The highest BCUT2D eigenvalue weighted by molar-refractivity contribution is 7.89. The fourth-order valence-electron chi connectivity index (χ4n) is 3.18.